The predicted molar refractivity (Wildman–Crippen MR) is 90.0 cm³/mol. The minimum atomic E-state index is 1.30. The van der Waals surface area contributed by atoms with E-state index in [0.29, 0.717) is 0 Å². The molecule has 0 aliphatic heterocycles. The van der Waals surface area contributed by atoms with Gasteiger partial charge < -0.3 is 0 Å². The molecule has 0 radical (unpaired) electrons. The lowest BCUT2D eigenvalue weighted by Gasteiger charge is -2.04. The molecule has 0 bridgehead atoms. The van der Waals surface area contributed by atoms with Crippen molar-refractivity contribution >= 4 is 48.5 Å². The van der Waals surface area contributed by atoms with Crippen LogP contribution in [0.15, 0.2) is 72.4 Å². The number of benzene rings is 2. The molecule has 2 aromatic carbocycles. The number of rotatable bonds is 0. The first-order valence-electron chi connectivity index (χ1n) is 7.03. The molecule has 0 amide bonds. The number of nitrogens with zero attached hydrogens (tertiary/aromatic N) is 1. The van der Waals surface area contributed by atoms with Gasteiger partial charge in [-0.1, -0.05) is 36.4 Å². The van der Waals surface area contributed by atoms with Gasteiger partial charge in [-0.25, -0.2) is 0 Å². The highest BCUT2D eigenvalue weighted by Crippen LogP contribution is 2.32. The van der Waals surface area contributed by atoms with Gasteiger partial charge in [0.2, 0.25) is 5.52 Å². The van der Waals surface area contributed by atoms with E-state index in [2.05, 4.69) is 76.8 Å². The third-order valence-electron chi connectivity index (χ3n) is 4.20. The fraction of sp³-hybridized carbons (Fsp3) is 0. The van der Waals surface area contributed by atoms with Gasteiger partial charge in [-0.15, -0.1) is 11.3 Å². The van der Waals surface area contributed by atoms with Gasteiger partial charge in [0.05, 0.1) is 5.39 Å². The molecule has 98 valence electrons. The third-order valence-corrected chi connectivity index (χ3v) is 5.13. The molecule has 0 spiro atoms. The van der Waals surface area contributed by atoms with E-state index < -0.39 is 0 Å². The molecule has 5 aromatic rings. The lowest BCUT2D eigenvalue weighted by molar-refractivity contribution is -0.509. The smallest absolute Gasteiger partial charge is 0.165 e. The average molecular weight is 286 g/mol. The Labute approximate surface area is 125 Å². The number of thiophene rings is 1. The van der Waals surface area contributed by atoms with E-state index in [1.807, 2.05) is 11.3 Å². The van der Waals surface area contributed by atoms with Crippen LogP contribution in [-0.4, -0.2) is 0 Å². The van der Waals surface area contributed by atoms with E-state index in [4.69, 9.17) is 0 Å². The molecule has 0 aliphatic rings. The van der Waals surface area contributed by atoms with Gasteiger partial charge in [0.1, 0.15) is 4.70 Å². The van der Waals surface area contributed by atoms with Crippen LogP contribution in [0.4, 0.5) is 0 Å². The van der Waals surface area contributed by atoms with Crippen molar-refractivity contribution in [2.24, 2.45) is 0 Å². The fourth-order valence-electron chi connectivity index (χ4n) is 3.21. The Balaban J connectivity index is 2.21. The van der Waals surface area contributed by atoms with Gasteiger partial charge in [-0.05, 0) is 27.6 Å². The summed E-state index contributed by atoms with van der Waals surface area (Å²) in [5.74, 6) is 0. The van der Waals surface area contributed by atoms with Crippen molar-refractivity contribution in [3.05, 3.63) is 72.4 Å². The number of pyridine rings is 2. The van der Waals surface area contributed by atoms with Crippen LogP contribution in [0.3, 0.4) is 0 Å². The summed E-state index contributed by atoms with van der Waals surface area (Å²) in [5.41, 5.74) is 1.32. The number of aromatic nitrogens is 1. The normalized spacial score (nSPS) is 11.8. The molecule has 0 saturated carbocycles. The molecule has 0 aliphatic carbocycles. The maximum Gasteiger partial charge on any atom is 0.237 e. The molecule has 0 saturated heterocycles. The number of hydrogen-bond donors (Lipinski definition) is 0. The van der Waals surface area contributed by atoms with Crippen LogP contribution in [0.25, 0.3) is 37.1 Å². The van der Waals surface area contributed by atoms with Crippen LogP contribution in [0.1, 0.15) is 0 Å². The van der Waals surface area contributed by atoms with Crippen molar-refractivity contribution in [2.75, 3.05) is 0 Å². The molecule has 1 nitrogen and oxygen atoms in total. The topological polar surface area (TPSA) is 4.10 Å². The van der Waals surface area contributed by atoms with Crippen molar-refractivity contribution in [2.45, 2.75) is 0 Å². The molecule has 3 heterocycles. The van der Waals surface area contributed by atoms with Crippen LogP contribution >= 0.6 is 11.3 Å². The molecule has 0 fully saturated rings. The lowest BCUT2D eigenvalue weighted by atomic mass is 10.0. The SMILES string of the molecule is c1ccc2c(c1)ccc1cc[n+]3ccc4ccsc4c3c12. The largest absolute Gasteiger partial charge is 0.237 e. The maximum absolute atomic E-state index is 2.24. The summed E-state index contributed by atoms with van der Waals surface area (Å²) in [7, 11) is 0. The predicted octanol–water partition coefficient (Wildman–Crippen LogP) is 4.95. The highest BCUT2D eigenvalue weighted by atomic mass is 32.1. The van der Waals surface area contributed by atoms with E-state index in [-0.39, 0.29) is 0 Å². The minimum absolute atomic E-state index is 1.30. The van der Waals surface area contributed by atoms with Gasteiger partial charge in [0.15, 0.2) is 12.4 Å². The first-order chi connectivity index (χ1) is 10.4. The van der Waals surface area contributed by atoms with Crippen molar-refractivity contribution in [3.8, 4) is 0 Å². The summed E-state index contributed by atoms with van der Waals surface area (Å²) in [6, 6.07) is 19.7. The molecule has 0 unspecified atom stereocenters. The van der Waals surface area contributed by atoms with E-state index in [1.165, 1.54) is 37.1 Å². The zero-order valence-corrected chi connectivity index (χ0v) is 12.1. The minimum Gasteiger partial charge on any atom is -0.165 e. The first-order valence-corrected chi connectivity index (χ1v) is 7.91. The first kappa shape index (κ1) is 11.2. The van der Waals surface area contributed by atoms with Crippen LogP contribution in [-0.2, 0) is 0 Å². The summed E-state index contributed by atoms with van der Waals surface area (Å²) in [5, 5.41) is 8.77. The molecule has 5 rings (SSSR count). The van der Waals surface area contributed by atoms with Crippen LogP contribution in [0.2, 0.25) is 0 Å². The zero-order valence-electron chi connectivity index (χ0n) is 11.3. The number of fused-ring (bicyclic) bond motifs is 7. The quantitative estimate of drug-likeness (QED) is 0.280. The maximum atomic E-state index is 2.24. The van der Waals surface area contributed by atoms with Crippen LogP contribution in [0.5, 0.6) is 0 Å². The van der Waals surface area contributed by atoms with E-state index >= 15 is 0 Å². The molecule has 21 heavy (non-hydrogen) atoms. The molecular weight excluding hydrogens is 274 g/mol. The summed E-state index contributed by atoms with van der Waals surface area (Å²) < 4.78 is 3.60. The highest BCUT2D eigenvalue weighted by molar-refractivity contribution is 7.18. The van der Waals surface area contributed by atoms with Gasteiger partial charge in [0.25, 0.3) is 0 Å². The standard InChI is InChI=1S/C19H12NS/c1-2-4-16-13(3-1)5-6-14-7-10-20-11-8-15-9-12-21-19(15)18(20)17(14)16/h1-12H/q+1. The van der Waals surface area contributed by atoms with E-state index in [9.17, 15) is 0 Å². The van der Waals surface area contributed by atoms with E-state index in [0.717, 1.165) is 0 Å². The Hall–Kier alpha value is -2.45. The Kier molecular flexibility index (Phi) is 2.15. The second kappa shape index (κ2) is 4.03. The van der Waals surface area contributed by atoms with Crippen molar-refractivity contribution in [3.63, 3.8) is 0 Å². The van der Waals surface area contributed by atoms with Crippen molar-refractivity contribution < 1.29 is 4.40 Å². The molecule has 2 heteroatoms. The zero-order chi connectivity index (χ0) is 13.8. The summed E-state index contributed by atoms with van der Waals surface area (Å²) >= 11 is 1.82. The second-order valence-electron chi connectivity index (χ2n) is 5.34. The Morgan fingerprint density at radius 3 is 2.48 bits per heavy atom. The summed E-state index contributed by atoms with van der Waals surface area (Å²) in [4.78, 5) is 0. The Bertz CT molecular complexity index is 1130. The van der Waals surface area contributed by atoms with Crippen LogP contribution < -0.4 is 4.40 Å². The van der Waals surface area contributed by atoms with Gasteiger partial charge >= 0.3 is 0 Å². The number of hydrogen-bond acceptors (Lipinski definition) is 1. The van der Waals surface area contributed by atoms with Gasteiger partial charge in [-0.3, -0.25) is 0 Å². The third kappa shape index (κ3) is 1.48. The highest BCUT2D eigenvalue weighted by Gasteiger charge is 2.15. The molecule has 0 atom stereocenters. The average Bonchev–Trinajstić information content (AvgIpc) is 3.02. The summed E-state index contributed by atoms with van der Waals surface area (Å²) in [6.45, 7) is 0. The monoisotopic (exact) mass is 286 g/mol. The second-order valence-corrected chi connectivity index (χ2v) is 6.26. The fourth-order valence-corrected chi connectivity index (χ4v) is 4.16. The summed E-state index contributed by atoms with van der Waals surface area (Å²) in [6.07, 6.45) is 4.32. The van der Waals surface area contributed by atoms with Crippen molar-refractivity contribution in [1.82, 2.24) is 0 Å². The Morgan fingerprint density at radius 1 is 0.714 bits per heavy atom. The van der Waals surface area contributed by atoms with Gasteiger partial charge in [-0.2, -0.15) is 4.40 Å². The molecule has 3 aromatic heterocycles. The van der Waals surface area contributed by atoms with Gasteiger partial charge in [0, 0.05) is 17.5 Å². The molecule has 0 N–H and O–H groups in total. The van der Waals surface area contributed by atoms with E-state index in [1.54, 1.807) is 0 Å². The molecular formula is C19H12NS+. The lowest BCUT2D eigenvalue weighted by Crippen LogP contribution is -2.20. The Morgan fingerprint density at radius 2 is 1.52 bits per heavy atom. The van der Waals surface area contributed by atoms with Crippen molar-refractivity contribution in [1.29, 1.82) is 0 Å². The van der Waals surface area contributed by atoms with Crippen LogP contribution in [0, 0.1) is 0 Å².